The van der Waals surface area contributed by atoms with Crippen LogP contribution < -0.4 is 10.2 Å². The van der Waals surface area contributed by atoms with Crippen LogP contribution in [-0.2, 0) is 4.74 Å². The van der Waals surface area contributed by atoms with Crippen LogP contribution in [0.4, 0.5) is 5.69 Å². The molecule has 1 aliphatic heterocycles. The van der Waals surface area contributed by atoms with Crippen LogP contribution in [0.2, 0.25) is 0 Å². The fourth-order valence-corrected chi connectivity index (χ4v) is 3.00. The molecule has 0 aromatic heterocycles. The van der Waals surface area contributed by atoms with Gasteiger partial charge >= 0.3 is 0 Å². The fraction of sp³-hybridized carbons (Fsp3) is 0.600. The van der Waals surface area contributed by atoms with Crippen molar-refractivity contribution < 1.29 is 9.84 Å². The third-order valence-electron chi connectivity index (χ3n) is 3.76. The predicted octanol–water partition coefficient (Wildman–Crippen LogP) is 2.32. The normalized spacial score (nSPS) is 24.8. The van der Waals surface area contributed by atoms with Gasteiger partial charge in [0.2, 0.25) is 0 Å². The second-order valence-electron chi connectivity index (χ2n) is 5.37. The standard InChI is InChI=1S/C15H23BrN2O2/c1-10-7-18(8-13(9-19)20-10)15-6-12(16)4-5-14(15)11(2)17-3/h4-6,10-11,13,17,19H,7-9H2,1-3H3. The van der Waals surface area contributed by atoms with E-state index in [1.807, 2.05) is 14.0 Å². The first kappa shape index (κ1) is 15.8. The lowest BCUT2D eigenvalue weighted by atomic mass is 10.0. The maximum Gasteiger partial charge on any atom is 0.0984 e. The molecule has 3 unspecified atom stereocenters. The molecule has 1 heterocycles. The van der Waals surface area contributed by atoms with Crippen LogP contribution in [0.15, 0.2) is 22.7 Å². The van der Waals surface area contributed by atoms with Crippen molar-refractivity contribution >= 4 is 21.6 Å². The smallest absolute Gasteiger partial charge is 0.0984 e. The first-order chi connectivity index (χ1) is 9.55. The summed E-state index contributed by atoms with van der Waals surface area (Å²) in [7, 11) is 1.97. The van der Waals surface area contributed by atoms with E-state index in [0.29, 0.717) is 0 Å². The summed E-state index contributed by atoms with van der Waals surface area (Å²) in [5, 5.41) is 12.7. The lowest BCUT2D eigenvalue weighted by molar-refractivity contribution is -0.0421. The molecule has 1 saturated heterocycles. The van der Waals surface area contributed by atoms with E-state index in [1.165, 1.54) is 11.3 Å². The zero-order valence-corrected chi connectivity index (χ0v) is 13.9. The average Bonchev–Trinajstić information content (AvgIpc) is 2.45. The summed E-state index contributed by atoms with van der Waals surface area (Å²) in [6, 6.07) is 6.65. The minimum atomic E-state index is -0.115. The lowest BCUT2D eigenvalue weighted by Crippen LogP contribution is -2.48. The molecule has 2 rings (SSSR count). The van der Waals surface area contributed by atoms with E-state index < -0.39 is 0 Å². The number of ether oxygens (including phenoxy) is 1. The highest BCUT2D eigenvalue weighted by Crippen LogP contribution is 2.31. The Labute approximate surface area is 129 Å². The molecular weight excluding hydrogens is 320 g/mol. The van der Waals surface area contributed by atoms with Gasteiger partial charge in [-0.2, -0.15) is 0 Å². The molecular formula is C15H23BrN2O2. The number of anilines is 1. The molecule has 1 aromatic carbocycles. The summed E-state index contributed by atoms with van der Waals surface area (Å²) in [6.07, 6.45) is 0.00750. The number of halogens is 1. The molecule has 2 N–H and O–H groups in total. The molecule has 0 radical (unpaired) electrons. The van der Waals surface area contributed by atoms with Crippen molar-refractivity contribution in [3.63, 3.8) is 0 Å². The first-order valence-corrected chi connectivity index (χ1v) is 7.82. The molecule has 1 aromatic rings. The highest BCUT2D eigenvalue weighted by atomic mass is 79.9. The van der Waals surface area contributed by atoms with E-state index in [-0.39, 0.29) is 24.9 Å². The maximum atomic E-state index is 9.38. The summed E-state index contributed by atoms with van der Waals surface area (Å²) < 4.78 is 6.79. The largest absolute Gasteiger partial charge is 0.394 e. The molecule has 112 valence electrons. The molecule has 1 aliphatic rings. The van der Waals surface area contributed by atoms with Crippen LogP contribution in [0.25, 0.3) is 0 Å². The predicted molar refractivity (Wildman–Crippen MR) is 85.3 cm³/mol. The molecule has 0 saturated carbocycles. The topological polar surface area (TPSA) is 44.7 Å². The number of aliphatic hydroxyl groups is 1. The Morgan fingerprint density at radius 1 is 1.50 bits per heavy atom. The van der Waals surface area contributed by atoms with Gasteiger partial charge in [-0.3, -0.25) is 0 Å². The zero-order chi connectivity index (χ0) is 14.7. The maximum absolute atomic E-state index is 9.38. The van der Waals surface area contributed by atoms with Gasteiger partial charge in [0.25, 0.3) is 0 Å². The Morgan fingerprint density at radius 2 is 2.25 bits per heavy atom. The Morgan fingerprint density at radius 3 is 2.90 bits per heavy atom. The number of benzene rings is 1. The van der Waals surface area contributed by atoms with Gasteiger partial charge in [0, 0.05) is 29.3 Å². The minimum absolute atomic E-state index is 0.0613. The molecule has 0 spiro atoms. The van der Waals surface area contributed by atoms with E-state index in [9.17, 15) is 5.11 Å². The van der Waals surface area contributed by atoms with Crippen molar-refractivity contribution in [1.82, 2.24) is 5.32 Å². The van der Waals surface area contributed by atoms with Gasteiger partial charge in [0.1, 0.15) is 0 Å². The van der Waals surface area contributed by atoms with Crippen molar-refractivity contribution in [1.29, 1.82) is 0 Å². The molecule has 4 nitrogen and oxygen atoms in total. The van der Waals surface area contributed by atoms with Crippen molar-refractivity contribution in [2.24, 2.45) is 0 Å². The molecule has 3 atom stereocenters. The van der Waals surface area contributed by atoms with Crippen LogP contribution in [0.3, 0.4) is 0 Å². The average molecular weight is 343 g/mol. The van der Waals surface area contributed by atoms with Gasteiger partial charge in [-0.15, -0.1) is 0 Å². The van der Waals surface area contributed by atoms with Crippen molar-refractivity contribution in [2.45, 2.75) is 32.1 Å². The second kappa shape index (κ2) is 6.89. The summed E-state index contributed by atoms with van der Waals surface area (Å²) in [5.41, 5.74) is 2.47. The van der Waals surface area contributed by atoms with Crippen LogP contribution in [-0.4, -0.2) is 44.1 Å². The van der Waals surface area contributed by atoms with E-state index in [1.54, 1.807) is 0 Å². The van der Waals surface area contributed by atoms with E-state index >= 15 is 0 Å². The Hall–Kier alpha value is -0.620. The molecule has 5 heteroatoms. The van der Waals surface area contributed by atoms with E-state index in [2.05, 4.69) is 51.3 Å². The second-order valence-corrected chi connectivity index (χ2v) is 6.29. The number of nitrogens with one attached hydrogen (secondary N) is 1. The van der Waals surface area contributed by atoms with Gasteiger partial charge in [-0.1, -0.05) is 22.0 Å². The fourth-order valence-electron chi connectivity index (χ4n) is 2.66. The SMILES string of the molecule is CNC(C)c1ccc(Br)cc1N1CC(C)OC(CO)C1. The lowest BCUT2D eigenvalue weighted by Gasteiger charge is -2.39. The highest BCUT2D eigenvalue weighted by molar-refractivity contribution is 9.10. The summed E-state index contributed by atoms with van der Waals surface area (Å²) in [4.78, 5) is 2.31. The van der Waals surface area contributed by atoms with Crippen molar-refractivity contribution in [3.8, 4) is 0 Å². The van der Waals surface area contributed by atoms with Crippen molar-refractivity contribution in [3.05, 3.63) is 28.2 Å². The Bertz CT molecular complexity index is 455. The van der Waals surface area contributed by atoms with E-state index in [0.717, 1.165) is 17.6 Å². The molecule has 1 fully saturated rings. The van der Waals surface area contributed by atoms with Gasteiger partial charge in [0.05, 0.1) is 18.8 Å². The summed E-state index contributed by atoms with van der Waals surface area (Å²) in [6.45, 7) is 5.83. The van der Waals surface area contributed by atoms with Gasteiger partial charge in [0.15, 0.2) is 0 Å². The third kappa shape index (κ3) is 3.52. The number of morpholine rings is 1. The molecule has 0 bridgehead atoms. The molecule has 20 heavy (non-hydrogen) atoms. The highest BCUT2D eigenvalue weighted by Gasteiger charge is 2.27. The van der Waals surface area contributed by atoms with Crippen LogP contribution >= 0.6 is 15.9 Å². The Kier molecular flexibility index (Phi) is 5.43. The number of rotatable bonds is 4. The van der Waals surface area contributed by atoms with E-state index in [4.69, 9.17) is 4.74 Å². The number of nitrogens with zero attached hydrogens (tertiary/aromatic N) is 1. The summed E-state index contributed by atoms with van der Waals surface area (Å²) >= 11 is 3.55. The summed E-state index contributed by atoms with van der Waals surface area (Å²) in [5.74, 6) is 0. The zero-order valence-electron chi connectivity index (χ0n) is 12.3. The Balaban J connectivity index is 2.32. The van der Waals surface area contributed by atoms with Gasteiger partial charge in [-0.25, -0.2) is 0 Å². The van der Waals surface area contributed by atoms with Crippen LogP contribution in [0.1, 0.15) is 25.5 Å². The number of aliphatic hydroxyl groups excluding tert-OH is 1. The van der Waals surface area contributed by atoms with Crippen LogP contribution in [0.5, 0.6) is 0 Å². The van der Waals surface area contributed by atoms with Crippen molar-refractivity contribution in [2.75, 3.05) is 31.6 Å². The van der Waals surface area contributed by atoms with Crippen LogP contribution in [0, 0.1) is 0 Å². The third-order valence-corrected chi connectivity index (χ3v) is 4.26. The molecule has 0 amide bonds. The number of hydrogen-bond donors (Lipinski definition) is 2. The quantitative estimate of drug-likeness (QED) is 0.881. The first-order valence-electron chi connectivity index (χ1n) is 7.03. The van der Waals surface area contributed by atoms with Gasteiger partial charge < -0.3 is 20.1 Å². The minimum Gasteiger partial charge on any atom is -0.394 e. The molecule has 0 aliphatic carbocycles. The van der Waals surface area contributed by atoms with Gasteiger partial charge in [-0.05, 0) is 38.6 Å². The number of hydrogen-bond acceptors (Lipinski definition) is 4. The monoisotopic (exact) mass is 342 g/mol.